The number of carbonyl (C=O) groups is 1. The molecule has 162 valence electrons. The maximum atomic E-state index is 12.7. The van der Waals surface area contributed by atoms with Crippen LogP contribution in [0.4, 0.5) is 0 Å². The summed E-state index contributed by atoms with van der Waals surface area (Å²) in [6.07, 6.45) is 0.226. The third-order valence-electron chi connectivity index (χ3n) is 4.92. The highest BCUT2D eigenvalue weighted by molar-refractivity contribution is 7.89. The Kier molecular flexibility index (Phi) is 7.09. The Balaban J connectivity index is 1.67. The van der Waals surface area contributed by atoms with E-state index in [0.29, 0.717) is 6.54 Å². The molecule has 0 bridgehead atoms. The molecule has 0 saturated carbocycles. The minimum Gasteiger partial charge on any atom is -0.496 e. The van der Waals surface area contributed by atoms with E-state index < -0.39 is 15.9 Å². The first-order chi connectivity index (χ1) is 14.3. The van der Waals surface area contributed by atoms with Crippen molar-refractivity contribution >= 4 is 15.9 Å². The molecule has 1 saturated heterocycles. The first-order valence-electron chi connectivity index (χ1n) is 9.67. The molecule has 1 fully saturated rings. The van der Waals surface area contributed by atoms with Gasteiger partial charge in [0.2, 0.25) is 10.0 Å². The van der Waals surface area contributed by atoms with Gasteiger partial charge in [-0.25, -0.2) is 13.6 Å². The van der Waals surface area contributed by atoms with E-state index in [1.807, 2.05) is 12.1 Å². The van der Waals surface area contributed by atoms with Gasteiger partial charge in [-0.3, -0.25) is 9.69 Å². The summed E-state index contributed by atoms with van der Waals surface area (Å²) in [6, 6.07) is 12.0. The second kappa shape index (κ2) is 9.57. The summed E-state index contributed by atoms with van der Waals surface area (Å²) in [6.45, 7) is 5.70. The van der Waals surface area contributed by atoms with Crippen LogP contribution in [0.3, 0.4) is 0 Å². The first kappa shape index (κ1) is 22.2. The normalized spacial score (nSPS) is 17.5. The maximum Gasteiger partial charge on any atom is 0.255 e. The molecule has 3 N–H and O–H groups in total. The molecule has 0 spiro atoms. The van der Waals surface area contributed by atoms with E-state index in [2.05, 4.69) is 29.3 Å². The number of rotatable bonds is 7. The number of hydrogen-bond donors (Lipinski definition) is 2. The molecule has 9 heteroatoms. The zero-order valence-corrected chi connectivity index (χ0v) is 17.9. The second-order valence-corrected chi connectivity index (χ2v) is 8.89. The lowest BCUT2D eigenvalue weighted by atomic mass is 10.1. The van der Waals surface area contributed by atoms with Crippen molar-refractivity contribution in [3.8, 4) is 5.75 Å². The van der Waals surface area contributed by atoms with Gasteiger partial charge >= 0.3 is 0 Å². The topological polar surface area (TPSA) is 111 Å². The lowest BCUT2D eigenvalue weighted by Crippen LogP contribution is -2.40. The van der Waals surface area contributed by atoms with Gasteiger partial charge in [0, 0.05) is 26.2 Å². The molecule has 30 heavy (non-hydrogen) atoms. The van der Waals surface area contributed by atoms with Crippen LogP contribution in [0.25, 0.3) is 0 Å². The van der Waals surface area contributed by atoms with Crippen LogP contribution in [0.15, 0.2) is 47.4 Å². The predicted molar refractivity (Wildman–Crippen MR) is 113 cm³/mol. The van der Waals surface area contributed by atoms with E-state index in [1.165, 1.54) is 25.3 Å². The minimum atomic E-state index is -3.92. The molecule has 0 radical (unpaired) electrons. The Morgan fingerprint density at radius 2 is 2.03 bits per heavy atom. The zero-order valence-electron chi connectivity index (χ0n) is 17.1. The molecule has 1 atom stereocenters. The lowest BCUT2D eigenvalue weighted by Gasteiger charge is -2.31. The van der Waals surface area contributed by atoms with Crippen LogP contribution in [0.2, 0.25) is 0 Å². The standard InChI is InChI=1S/C21H27N3O5S/c1-15-13-24(8-9-29-15)14-17-5-3-4-16(10-17)12-23-21(25)19-11-18(30(22,26)27)6-7-20(19)28-2/h3-7,10-11,15H,8-9,12-14H2,1-2H3,(H,23,25)(H2,22,26,27). The Morgan fingerprint density at radius 3 is 2.73 bits per heavy atom. The Hall–Kier alpha value is -2.46. The molecule has 1 aliphatic heterocycles. The Bertz CT molecular complexity index is 1010. The number of morpholine rings is 1. The summed E-state index contributed by atoms with van der Waals surface area (Å²) in [5, 5.41) is 7.99. The first-order valence-corrected chi connectivity index (χ1v) is 11.2. The second-order valence-electron chi connectivity index (χ2n) is 7.33. The van der Waals surface area contributed by atoms with Crippen molar-refractivity contribution in [3.63, 3.8) is 0 Å². The average molecular weight is 434 g/mol. The van der Waals surface area contributed by atoms with Crippen molar-refractivity contribution in [1.29, 1.82) is 0 Å². The number of primary sulfonamides is 1. The fourth-order valence-electron chi connectivity index (χ4n) is 3.45. The van der Waals surface area contributed by atoms with Crippen LogP contribution in [0.5, 0.6) is 5.75 Å². The van der Waals surface area contributed by atoms with Crippen molar-refractivity contribution in [3.05, 3.63) is 59.2 Å². The van der Waals surface area contributed by atoms with E-state index in [-0.39, 0.29) is 22.3 Å². The molecule has 2 aromatic rings. The number of amides is 1. The molecule has 1 amide bonds. The van der Waals surface area contributed by atoms with Crippen molar-refractivity contribution in [1.82, 2.24) is 10.2 Å². The van der Waals surface area contributed by atoms with Crippen LogP contribution in [0.1, 0.15) is 28.4 Å². The van der Waals surface area contributed by atoms with Crippen molar-refractivity contribution < 1.29 is 22.7 Å². The van der Waals surface area contributed by atoms with Gasteiger partial charge in [-0.05, 0) is 36.2 Å². The third-order valence-corrected chi connectivity index (χ3v) is 5.83. The number of carbonyl (C=O) groups excluding carboxylic acids is 1. The van der Waals surface area contributed by atoms with Crippen molar-refractivity contribution in [2.24, 2.45) is 5.14 Å². The third kappa shape index (κ3) is 5.79. The number of nitrogens with one attached hydrogen (secondary N) is 1. The average Bonchev–Trinajstić information content (AvgIpc) is 2.71. The van der Waals surface area contributed by atoms with Crippen LogP contribution in [-0.4, -0.2) is 52.1 Å². The van der Waals surface area contributed by atoms with Crippen LogP contribution in [0, 0.1) is 0 Å². The number of ether oxygens (including phenoxy) is 2. The Morgan fingerprint density at radius 1 is 1.27 bits per heavy atom. The van der Waals surface area contributed by atoms with Gasteiger partial charge in [-0.1, -0.05) is 24.3 Å². The van der Waals surface area contributed by atoms with Crippen molar-refractivity contribution in [2.75, 3.05) is 26.8 Å². The summed E-state index contributed by atoms with van der Waals surface area (Å²) in [5.41, 5.74) is 2.22. The highest BCUT2D eigenvalue weighted by atomic mass is 32.2. The fourth-order valence-corrected chi connectivity index (χ4v) is 3.99. The number of nitrogens with zero attached hydrogens (tertiary/aromatic N) is 1. The van der Waals surface area contributed by atoms with E-state index in [9.17, 15) is 13.2 Å². The predicted octanol–water partition coefficient (Wildman–Crippen LogP) is 1.49. The SMILES string of the molecule is COc1ccc(S(N)(=O)=O)cc1C(=O)NCc1cccc(CN2CCOC(C)C2)c1. The molecule has 2 aromatic carbocycles. The largest absolute Gasteiger partial charge is 0.496 e. The van der Waals surface area contributed by atoms with Crippen LogP contribution < -0.4 is 15.2 Å². The van der Waals surface area contributed by atoms with Gasteiger partial charge in [0.25, 0.3) is 5.91 Å². The van der Waals surface area contributed by atoms with Gasteiger partial charge in [-0.15, -0.1) is 0 Å². The summed E-state index contributed by atoms with van der Waals surface area (Å²) in [4.78, 5) is 14.9. The van der Waals surface area contributed by atoms with Gasteiger partial charge < -0.3 is 14.8 Å². The number of hydrogen-bond acceptors (Lipinski definition) is 6. The lowest BCUT2D eigenvalue weighted by molar-refractivity contribution is -0.0212. The van der Waals surface area contributed by atoms with E-state index >= 15 is 0 Å². The van der Waals surface area contributed by atoms with Crippen LogP contribution in [-0.2, 0) is 27.8 Å². The molecule has 8 nitrogen and oxygen atoms in total. The van der Waals surface area contributed by atoms with Crippen molar-refractivity contribution in [2.45, 2.75) is 31.0 Å². The number of sulfonamides is 1. The summed E-state index contributed by atoms with van der Waals surface area (Å²) < 4.78 is 34.0. The summed E-state index contributed by atoms with van der Waals surface area (Å²) in [5.74, 6) is -0.167. The van der Waals surface area contributed by atoms with E-state index in [1.54, 1.807) is 0 Å². The molecule has 1 heterocycles. The molecular weight excluding hydrogens is 406 g/mol. The van der Waals surface area contributed by atoms with Gasteiger partial charge in [-0.2, -0.15) is 0 Å². The molecule has 0 aliphatic carbocycles. The fraction of sp³-hybridized carbons (Fsp3) is 0.381. The minimum absolute atomic E-state index is 0.113. The van der Waals surface area contributed by atoms with E-state index in [4.69, 9.17) is 14.6 Å². The zero-order chi connectivity index (χ0) is 21.7. The van der Waals surface area contributed by atoms with Gasteiger partial charge in [0.05, 0.1) is 30.3 Å². The monoisotopic (exact) mass is 433 g/mol. The highest BCUT2D eigenvalue weighted by Gasteiger charge is 2.18. The Labute approximate surface area is 177 Å². The molecule has 1 unspecified atom stereocenters. The highest BCUT2D eigenvalue weighted by Crippen LogP contribution is 2.22. The number of benzene rings is 2. The van der Waals surface area contributed by atoms with Gasteiger partial charge in [0.1, 0.15) is 5.75 Å². The molecule has 0 aromatic heterocycles. The van der Waals surface area contributed by atoms with Crippen LogP contribution >= 0.6 is 0 Å². The summed E-state index contributed by atoms with van der Waals surface area (Å²) >= 11 is 0. The maximum absolute atomic E-state index is 12.7. The molecule has 1 aliphatic rings. The smallest absolute Gasteiger partial charge is 0.255 e. The number of nitrogens with two attached hydrogens (primary N) is 1. The summed E-state index contributed by atoms with van der Waals surface area (Å²) in [7, 11) is -2.51. The van der Waals surface area contributed by atoms with E-state index in [0.717, 1.165) is 37.4 Å². The number of methoxy groups -OCH3 is 1. The molecular formula is C21H27N3O5S. The van der Waals surface area contributed by atoms with Gasteiger partial charge in [0.15, 0.2) is 0 Å². The quantitative estimate of drug-likeness (QED) is 0.685. The molecule has 3 rings (SSSR count).